The third-order valence-electron chi connectivity index (χ3n) is 4.77. The van der Waals surface area contributed by atoms with Gasteiger partial charge < -0.3 is 15.2 Å². The van der Waals surface area contributed by atoms with Crippen molar-refractivity contribution in [2.75, 3.05) is 13.3 Å². The van der Waals surface area contributed by atoms with Crippen molar-refractivity contribution in [2.24, 2.45) is 0 Å². The number of ether oxygens (including phenoxy) is 1. The number of nitrogens with one attached hydrogen (secondary N) is 1. The third-order valence-corrected chi connectivity index (χ3v) is 5.95. The van der Waals surface area contributed by atoms with Crippen molar-refractivity contribution in [3.8, 4) is 0 Å². The molecule has 0 bridgehead atoms. The molecule has 3 rings (SSSR count). The number of aromatic nitrogens is 2. The number of aliphatic hydroxyl groups excluding tert-OH is 1. The fourth-order valence-electron chi connectivity index (χ4n) is 3.30. The van der Waals surface area contributed by atoms with E-state index in [1.807, 2.05) is 0 Å². The number of hydrogen-bond donors (Lipinski definition) is 2. The summed E-state index contributed by atoms with van der Waals surface area (Å²) in [5, 5.41) is 11.9. The van der Waals surface area contributed by atoms with Crippen molar-refractivity contribution in [1.29, 1.82) is 0 Å². The van der Waals surface area contributed by atoms with E-state index in [2.05, 4.69) is 21.1 Å². The Kier molecular flexibility index (Phi) is 6.58. The first kappa shape index (κ1) is 20.2. The minimum atomic E-state index is -0.735. The second kappa shape index (κ2) is 9.11. The predicted molar refractivity (Wildman–Crippen MR) is 105 cm³/mol. The number of aryl methyl sites for hydroxylation is 1. The molecule has 0 spiro atoms. The van der Waals surface area contributed by atoms with Gasteiger partial charge in [-0.05, 0) is 44.6 Å². The number of hydrogen-bond acceptors (Lipinski definition) is 7. The molecule has 2 heterocycles. The summed E-state index contributed by atoms with van der Waals surface area (Å²) in [6.07, 6.45) is 9.02. The van der Waals surface area contributed by atoms with E-state index >= 15 is 0 Å². The number of carbonyl (C=O) groups excluding carboxylic acids is 2. The molecule has 0 aliphatic heterocycles. The van der Waals surface area contributed by atoms with Crippen molar-refractivity contribution in [1.82, 2.24) is 14.9 Å². The smallest absolute Gasteiger partial charge is 0.350 e. The Hall–Kier alpha value is -2.52. The van der Waals surface area contributed by atoms with E-state index in [1.165, 1.54) is 29.3 Å². The maximum atomic E-state index is 12.7. The molecule has 2 aromatic rings. The van der Waals surface area contributed by atoms with Crippen LogP contribution in [0, 0.1) is 6.92 Å². The van der Waals surface area contributed by atoms with Crippen LogP contribution in [0.4, 0.5) is 0 Å². The second-order valence-electron chi connectivity index (χ2n) is 6.68. The molecule has 0 atom stereocenters. The summed E-state index contributed by atoms with van der Waals surface area (Å²) in [7, 11) is 0. The maximum Gasteiger partial charge on any atom is 0.350 e. The van der Waals surface area contributed by atoms with Crippen LogP contribution in [0.1, 0.15) is 47.3 Å². The van der Waals surface area contributed by atoms with Gasteiger partial charge in [-0.15, -0.1) is 11.3 Å². The van der Waals surface area contributed by atoms with Crippen LogP contribution in [0.2, 0.25) is 0 Å². The van der Waals surface area contributed by atoms with Crippen LogP contribution in [-0.2, 0) is 16.1 Å². The number of carbonyl (C=O) groups is 2. The zero-order valence-electron chi connectivity index (χ0n) is 15.7. The molecule has 8 nitrogen and oxygen atoms in total. The number of thiophene rings is 1. The molecule has 150 valence electrons. The Morgan fingerprint density at radius 3 is 2.93 bits per heavy atom. The number of nitrogens with zero attached hydrogens (tertiary/aromatic N) is 2. The maximum absolute atomic E-state index is 12.7. The van der Waals surface area contributed by atoms with Gasteiger partial charge in [-0.1, -0.05) is 11.6 Å². The van der Waals surface area contributed by atoms with Crippen molar-refractivity contribution in [3.63, 3.8) is 0 Å². The van der Waals surface area contributed by atoms with Crippen LogP contribution in [0.15, 0.2) is 22.8 Å². The number of aliphatic hydroxyl groups is 1. The minimum Gasteiger partial charge on any atom is -0.434 e. The highest BCUT2D eigenvalue weighted by Crippen LogP contribution is 2.27. The molecule has 1 aliphatic carbocycles. The highest BCUT2D eigenvalue weighted by Gasteiger charge is 2.21. The van der Waals surface area contributed by atoms with E-state index in [1.54, 1.807) is 6.92 Å². The highest BCUT2D eigenvalue weighted by molar-refractivity contribution is 7.20. The molecule has 0 saturated heterocycles. The summed E-state index contributed by atoms with van der Waals surface area (Å²) in [4.78, 5) is 41.6. The molecular formula is C19H23N3O5S. The van der Waals surface area contributed by atoms with Gasteiger partial charge in [0.05, 0.1) is 11.7 Å². The molecule has 0 unspecified atom stereocenters. The van der Waals surface area contributed by atoms with Crippen molar-refractivity contribution < 1.29 is 19.4 Å². The summed E-state index contributed by atoms with van der Waals surface area (Å²) >= 11 is 1.03. The van der Waals surface area contributed by atoms with Crippen LogP contribution < -0.4 is 10.9 Å². The SMILES string of the molecule is Cc1c(C(=O)OCO)sc2ncn(CC(=O)NCCC3=CCCCC3)c(=O)c12. The molecule has 9 heteroatoms. The van der Waals surface area contributed by atoms with E-state index in [0.717, 1.165) is 30.6 Å². The first-order valence-electron chi connectivity index (χ1n) is 9.22. The van der Waals surface area contributed by atoms with Crippen LogP contribution in [0.3, 0.4) is 0 Å². The van der Waals surface area contributed by atoms with E-state index < -0.39 is 12.8 Å². The molecule has 2 N–H and O–H groups in total. The lowest BCUT2D eigenvalue weighted by Gasteiger charge is -2.13. The second-order valence-corrected chi connectivity index (χ2v) is 7.68. The van der Waals surface area contributed by atoms with Gasteiger partial charge in [0.1, 0.15) is 16.3 Å². The zero-order chi connectivity index (χ0) is 20.1. The largest absolute Gasteiger partial charge is 0.434 e. The van der Waals surface area contributed by atoms with Crippen LogP contribution in [0.25, 0.3) is 10.2 Å². The van der Waals surface area contributed by atoms with Gasteiger partial charge in [0, 0.05) is 6.54 Å². The van der Waals surface area contributed by atoms with Crippen LogP contribution >= 0.6 is 11.3 Å². The average Bonchev–Trinajstić information content (AvgIpc) is 3.02. The Balaban J connectivity index is 1.69. The molecular weight excluding hydrogens is 382 g/mol. The van der Waals surface area contributed by atoms with Crippen LogP contribution in [-0.4, -0.2) is 39.9 Å². The van der Waals surface area contributed by atoms with Gasteiger partial charge in [-0.3, -0.25) is 14.2 Å². The van der Waals surface area contributed by atoms with E-state index in [9.17, 15) is 14.4 Å². The Labute approximate surface area is 165 Å². The molecule has 0 fully saturated rings. The fraction of sp³-hybridized carbons (Fsp3) is 0.474. The average molecular weight is 405 g/mol. The van der Waals surface area contributed by atoms with Gasteiger partial charge >= 0.3 is 5.97 Å². The van der Waals surface area contributed by atoms with Crippen LogP contribution in [0.5, 0.6) is 0 Å². The lowest BCUT2D eigenvalue weighted by Crippen LogP contribution is -2.33. The fourth-order valence-corrected chi connectivity index (χ4v) is 4.33. The number of allylic oxidation sites excluding steroid dienone is 1. The predicted octanol–water partition coefficient (Wildman–Crippen LogP) is 1.88. The molecule has 0 saturated carbocycles. The van der Waals surface area contributed by atoms with Crippen molar-refractivity contribution in [3.05, 3.63) is 38.8 Å². The van der Waals surface area contributed by atoms with Gasteiger partial charge in [-0.25, -0.2) is 9.78 Å². The van der Waals surface area contributed by atoms with Gasteiger partial charge in [-0.2, -0.15) is 0 Å². The molecule has 0 aromatic carbocycles. The summed E-state index contributed by atoms with van der Waals surface area (Å²) in [5.74, 6) is -0.962. The Morgan fingerprint density at radius 2 is 2.21 bits per heavy atom. The lowest BCUT2D eigenvalue weighted by molar-refractivity contribution is -0.121. The summed E-state index contributed by atoms with van der Waals surface area (Å²) in [5.41, 5.74) is 1.44. The number of fused-ring (bicyclic) bond motifs is 1. The third kappa shape index (κ3) is 4.48. The van der Waals surface area contributed by atoms with Crippen molar-refractivity contribution in [2.45, 2.75) is 45.6 Å². The first-order chi connectivity index (χ1) is 13.5. The normalized spacial score (nSPS) is 14.0. The standard InChI is InChI=1S/C19H23N3O5S/c1-12-15-17(28-16(12)19(26)27-11-23)21-10-22(18(15)25)9-14(24)20-8-7-13-5-3-2-4-6-13/h5,10,23H,2-4,6-9,11H2,1H3,(H,20,24). The summed E-state index contributed by atoms with van der Waals surface area (Å²) in [6, 6.07) is 0. The Morgan fingerprint density at radius 1 is 1.39 bits per heavy atom. The number of rotatable bonds is 7. The first-order valence-corrected chi connectivity index (χ1v) is 10.0. The lowest BCUT2D eigenvalue weighted by atomic mass is 9.97. The highest BCUT2D eigenvalue weighted by atomic mass is 32.1. The zero-order valence-corrected chi connectivity index (χ0v) is 16.5. The topological polar surface area (TPSA) is 111 Å². The van der Waals surface area contributed by atoms with Crippen molar-refractivity contribution >= 4 is 33.4 Å². The molecule has 28 heavy (non-hydrogen) atoms. The van der Waals surface area contributed by atoms with E-state index in [4.69, 9.17) is 5.11 Å². The van der Waals surface area contributed by atoms with E-state index in [-0.39, 0.29) is 28.3 Å². The number of amides is 1. The quantitative estimate of drug-likeness (QED) is 0.413. The molecule has 2 aromatic heterocycles. The summed E-state index contributed by atoms with van der Waals surface area (Å²) in [6.45, 7) is 1.30. The minimum absolute atomic E-state index is 0.132. The molecule has 0 radical (unpaired) electrons. The van der Waals surface area contributed by atoms with Gasteiger partial charge in [0.15, 0.2) is 6.79 Å². The van der Waals surface area contributed by atoms with E-state index in [0.29, 0.717) is 16.9 Å². The molecule has 1 amide bonds. The van der Waals surface area contributed by atoms with Gasteiger partial charge in [0.25, 0.3) is 5.56 Å². The summed E-state index contributed by atoms with van der Waals surface area (Å²) < 4.78 is 5.82. The monoisotopic (exact) mass is 405 g/mol. The number of esters is 1. The van der Waals surface area contributed by atoms with Gasteiger partial charge in [0.2, 0.25) is 5.91 Å². The Bertz CT molecular complexity index is 976. The molecule has 1 aliphatic rings.